The van der Waals surface area contributed by atoms with Gasteiger partial charge < -0.3 is 9.97 Å². The maximum absolute atomic E-state index is 6.05. The van der Waals surface area contributed by atoms with Crippen molar-refractivity contribution in [3.8, 4) is 0 Å². The van der Waals surface area contributed by atoms with E-state index in [1.807, 2.05) is 18.3 Å². The Kier molecular flexibility index (Phi) is 3.03. The molecule has 0 radical (unpaired) electrons. The van der Waals surface area contributed by atoms with Crippen molar-refractivity contribution >= 4 is 56.3 Å². The molecule has 0 saturated carbocycles. The van der Waals surface area contributed by atoms with E-state index in [2.05, 4.69) is 52.5 Å². The van der Waals surface area contributed by atoms with Crippen molar-refractivity contribution in [3.05, 3.63) is 45.0 Å². The van der Waals surface area contributed by atoms with Crippen LogP contribution in [-0.4, -0.2) is 29.9 Å². The first kappa shape index (κ1) is 13.0. The zero-order valence-corrected chi connectivity index (χ0v) is 13.5. The Morgan fingerprint density at radius 3 is 2.90 bits per heavy atom. The highest BCUT2D eigenvalue weighted by atomic mass is 127. The molecule has 0 aliphatic rings. The van der Waals surface area contributed by atoms with Crippen LogP contribution in [0.15, 0.2) is 24.7 Å². The van der Waals surface area contributed by atoms with Crippen molar-refractivity contribution in [2.45, 2.75) is 6.42 Å². The summed E-state index contributed by atoms with van der Waals surface area (Å²) in [4.78, 5) is 23.5. The monoisotopic (exact) mass is 410 g/mol. The molecule has 8 heteroatoms. The molecule has 0 aliphatic carbocycles. The van der Waals surface area contributed by atoms with Gasteiger partial charge in [0.25, 0.3) is 0 Å². The molecule has 0 unspecified atom stereocenters. The number of hydrogen-bond acceptors (Lipinski definition) is 4. The van der Waals surface area contributed by atoms with Gasteiger partial charge in [-0.05, 0) is 34.7 Å². The zero-order chi connectivity index (χ0) is 14.4. The molecule has 0 aromatic carbocycles. The minimum Gasteiger partial charge on any atom is -0.346 e. The molecular weight excluding hydrogens is 403 g/mol. The summed E-state index contributed by atoms with van der Waals surface area (Å²) in [7, 11) is 0. The third-order valence-corrected chi connectivity index (χ3v) is 4.32. The summed E-state index contributed by atoms with van der Waals surface area (Å²) in [5, 5.41) is 2.28. The molecule has 4 aromatic rings. The van der Waals surface area contributed by atoms with E-state index in [0.717, 1.165) is 37.3 Å². The first-order valence-corrected chi connectivity index (χ1v) is 7.64. The van der Waals surface area contributed by atoms with Gasteiger partial charge in [0, 0.05) is 18.3 Å². The smallest absolute Gasteiger partial charge is 0.142 e. The second kappa shape index (κ2) is 4.92. The van der Waals surface area contributed by atoms with Crippen molar-refractivity contribution in [3.63, 3.8) is 0 Å². The second-order valence-corrected chi connectivity index (χ2v) is 5.95. The number of nitrogens with zero attached hydrogens (tertiary/aromatic N) is 4. The Hall–Kier alpha value is -1.74. The average Bonchev–Trinajstić information content (AvgIpc) is 3.06. The molecule has 0 aliphatic heterocycles. The number of nitrogens with one attached hydrogen (secondary N) is 2. The lowest BCUT2D eigenvalue weighted by atomic mass is 10.2. The standard InChI is InChI=1S/C13H8ClIN6/c14-10-8-3-6(19-13(8)18-5-17-10)4-9-20-11(15)7-1-2-16-12(7)21-9/h1-3,5H,4H2,(H,16,20,21)(H,17,18,19). The molecule has 0 saturated heterocycles. The van der Waals surface area contributed by atoms with Crippen LogP contribution in [0.5, 0.6) is 0 Å². The Labute approximate surface area is 137 Å². The predicted molar refractivity (Wildman–Crippen MR) is 88.3 cm³/mol. The van der Waals surface area contributed by atoms with Crippen molar-refractivity contribution < 1.29 is 0 Å². The topological polar surface area (TPSA) is 83.1 Å². The van der Waals surface area contributed by atoms with Crippen LogP contribution in [0, 0.1) is 3.70 Å². The summed E-state index contributed by atoms with van der Waals surface area (Å²) < 4.78 is 0.933. The molecule has 104 valence electrons. The lowest BCUT2D eigenvalue weighted by Gasteiger charge is -2.00. The summed E-state index contributed by atoms with van der Waals surface area (Å²) in [5.74, 6) is 0.741. The average molecular weight is 411 g/mol. The van der Waals surface area contributed by atoms with E-state index < -0.39 is 0 Å². The molecule has 0 fully saturated rings. The molecule has 0 bridgehead atoms. The number of hydrogen-bond donors (Lipinski definition) is 2. The van der Waals surface area contributed by atoms with Gasteiger partial charge in [-0.25, -0.2) is 19.9 Å². The Bertz CT molecular complexity index is 960. The van der Waals surface area contributed by atoms with E-state index in [1.165, 1.54) is 6.33 Å². The summed E-state index contributed by atoms with van der Waals surface area (Å²) in [6.07, 6.45) is 3.89. The minimum atomic E-state index is 0.442. The molecule has 0 atom stereocenters. The predicted octanol–water partition coefficient (Wildman–Crippen LogP) is 3.08. The number of rotatable bonds is 2. The van der Waals surface area contributed by atoms with E-state index in [1.54, 1.807) is 0 Å². The fourth-order valence-electron chi connectivity index (χ4n) is 2.26. The lowest BCUT2D eigenvalue weighted by Crippen LogP contribution is -1.99. The van der Waals surface area contributed by atoms with Gasteiger partial charge in [-0.15, -0.1) is 0 Å². The van der Waals surface area contributed by atoms with Crippen LogP contribution in [0.3, 0.4) is 0 Å². The third kappa shape index (κ3) is 2.26. The van der Waals surface area contributed by atoms with E-state index in [4.69, 9.17) is 11.6 Å². The Morgan fingerprint density at radius 1 is 1.14 bits per heavy atom. The first-order valence-electron chi connectivity index (χ1n) is 6.18. The molecule has 0 spiro atoms. The Balaban J connectivity index is 1.77. The van der Waals surface area contributed by atoms with Gasteiger partial charge in [-0.1, -0.05) is 11.6 Å². The Morgan fingerprint density at radius 2 is 2.05 bits per heavy atom. The van der Waals surface area contributed by atoms with Crippen LogP contribution in [0.2, 0.25) is 5.15 Å². The number of fused-ring (bicyclic) bond motifs is 2. The molecule has 21 heavy (non-hydrogen) atoms. The van der Waals surface area contributed by atoms with Gasteiger partial charge in [0.1, 0.15) is 32.3 Å². The van der Waals surface area contributed by atoms with Crippen molar-refractivity contribution in [1.82, 2.24) is 29.9 Å². The van der Waals surface area contributed by atoms with Gasteiger partial charge in [0.05, 0.1) is 10.8 Å². The number of H-pyrrole nitrogens is 2. The van der Waals surface area contributed by atoms with Crippen LogP contribution >= 0.6 is 34.2 Å². The maximum atomic E-state index is 6.05. The summed E-state index contributed by atoms with van der Waals surface area (Å²) in [5.41, 5.74) is 2.52. The van der Waals surface area contributed by atoms with Gasteiger partial charge in [-0.2, -0.15) is 0 Å². The van der Waals surface area contributed by atoms with Gasteiger partial charge in [0.2, 0.25) is 0 Å². The zero-order valence-electron chi connectivity index (χ0n) is 10.6. The SMILES string of the molecule is Clc1ncnc2[nH]c(Cc3nc(I)c4cc[nH]c4n3)cc12. The first-order chi connectivity index (χ1) is 10.2. The highest BCUT2D eigenvalue weighted by molar-refractivity contribution is 14.1. The van der Waals surface area contributed by atoms with Crippen molar-refractivity contribution in [2.75, 3.05) is 0 Å². The number of aromatic nitrogens is 6. The number of halogens is 2. The van der Waals surface area contributed by atoms with Gasteiger partial charge in [-0.3, -0.25) is 0 Å². The molecule has 4 aromatic heterocycles. The quantitative estimate of drug-likeness (QED) is 0.393. The van der Waals surface area contributed by atoms with E-state index in [-0.39, 0.29) is 0 Å². The fraction of sp³-hybridized carbons (Fsp3) is 0.0769. The van der Waals surface area contributed by atoms with E-state index >= 15 is 0 Å². The van der Waals surface area contributed by atoms with Gasteiger partial charge >= 0.3 is 0 Å². The van der Waals surface area contributed by atoms with Crippen molar-refractivity contribution in [2.24, 2.45) is 0 Å². The largest absolute Gasteiger partial charge is 0.346 e. The number of aromatic amines is 2. The highest BCUT2D eigenvalue weighted by Crippen LogP contribution is 2.22. The highest BCUT2D eigenvalue weighted by Gasteiger charge is 2.10. The van der Waals surface area contributed by atoms with E-state index in [9.17, 15) is 0 Å². The second-order valence-electron chi connectivity index (χ2n) is 4.57. The molecular formula is C13H8ClIN6. The molecule has 0 amide bonds. The van der Waals surface area contributed by atoms with Crippen LogP contribution in [0.25, 0.3) is 22.1 Å². The normalized spacial score (nSPS) is 11.5. The molecule has 2 N–H and O–H groups in total. The van der Waals surface area contributed by atoms with Crippen LogP contribution in [0.4, 0.5) is 0 Å². The van der Waals surface area contributed by atoms with E-state index in [0.29, 0.717) is 11.6 Å². The summed E-state index contributed by atoms with van der Waals surface area (Å²) >= 11 is 8.27. The third-order valence-electron chi connectivity index (χ3n) is 3.20. The molecule has 4 heterocycles. The summed E-state index contributed by atoms with van der Waals surface area (Å²) in [6.45, 7) is 0. The van der Waals surface area contributed by atoms with Gasteiger partial charge in [0.15, 0.2) is 0 Å². The van der Waals surface area contributed by atoms with Crippen LogP contribution in [0.1, 0.15) is 11.5 Å². The minimum absolute atomic E-state index is 0.442. The van der Waals surface area contributed by atoms with Crippen LogP contribution < -0.4 is 0 Å². The summed E-state index contributed by atoms with van der Waals surface area (Å²) in [6, 6.07) is 3.91. The van der Waals surface area contributed by atoms with Crippen molar-refractivity contribution in [1.29, 1.82) is 0 Å². The molecule has 4 rings (SSSR count). The lowest BCUT2D eigenvalue weighted by molar-refractivity contribution is 0.952. The maximum Gasteiger partial charge on any atom is 0.142 e. The molecule has 6 nitrogen and oxygen atoms in total. The fourth-order valence-corrected chi connectivity index (χ4v) is 3.16. The van der Waals surface area contributed by atoms with Crippen LogP contribution in [-0.2, 0) is 6.42 Å².